The van der Waals surface area contributed by atoms with Gasteiger partial charge in [0.15, 0.2) is 5.56 Å². The number of thiophene rings is 1. The number of carboxylic acid groups (broad SMARTS) is 1. The lowest BCUT2D eigenvalue weighted by atomic mass is 10.1. The molecule has 0 spiro atoms. The van der Waals surface area contributed by atoms with Crippen LogP contribution in [0, 0.1) is 0 Å². The molecule has 0 fully saturated rings. The average Bonchev–Trinajstić information content (AvgIpc) is 3.23. The number of methoxy groups -OCH3 is 1. The minimum absolute atomic E-state index is 0.175. The summed E-state index contributed by atoms with van der Waals surface area (Å²) in [5, 5.41) is 19.2. The van der Waals surface area contributed by atoms with E-state index >= 15 is 0 Å². The van der Waals surface area contributed by atoms with Gasteiger partial charge in [-0.3, -0.25) is 10.1 Å². The zero-order valence-electron chi connectivity index (χ0n) is 12.5. The molecule has 2 heterocycles. The SMILES string of the molecule is COc1ccc(C(=O)Nc2onc(-c3ccsc3)c2C(=O)O)cc1. The second-order valence-corrected chi connectivity index (χ2v) is 5.52. The number of anilines is 1. The second-order valence-electron chi connectivity index (χ2n) is 4.74. The molecule has 0 aliphatic heterocycles. The zero-order valence-corrected chi connectivity index (χ0v) is 13.3. The molecule has 2 aromatic heterocycles. The fraction of sp³-hybridized carbons (Fsp3) is 0.0625. The molecule has 0 saturated carbocycles. The van der Waals surface area contributed by atoms with Gasteiger partial charge in [-0.25, -0.2) is 4.79 Å². The predicted molar refractivity (Wildman–Crippen MR) is 87.7 cm³/mol. The molecular formula is C16H12N2O5S. The van der Waals surface area contributed by atoms with Gasteiger partial charge >= 0.3 is 5.97 Å². The van der Waals surface area contributed by atoms with Gasteiger partial charge < -0.3 is 14.4 Å². The first kappa shape index (κ1) is 15.8. The van der Waals surface area contributed by atoms with Crippen molar-refractivity contribution in [3.63, 3.8) is 0 Å². The number of hydrogen-bond donors (Lipinski definition) is 2. The number of rotatable bonds is 5. The molecule has 0 bridgehead atoms. The van der Waals surface area contributed by atoms with E-state index in [1.165, 1.54) is 18.4 Å². The van der Waals surface area contributed by atoms with Crippen molar-refractivity contribution >= 4 is 29.1 Å². The smallest absolute Gasteiger partial charge is 0.343 e. The molecule has 3 aromatic rings. The highest BCUT2D eigenvalue weighted by molar-refractivity contribution is 7.08. The molecule has 2 N–H and O–H groups in total. The third kappa shape index (κ3) is 2.99. The van der Waals surface area contributed by atoms with Crippen LogP contribution >= 0.6 is 11.3 Å². The Balaban J connectivity index is 1.89. The molecule has 0 aliphatic rings. The molecule has 122 valence electrons. The molecule has 0 aliphatic carbocycles. The van der Waals surface area contributed by atoms with E-state index in [-0.39, 0.29) is 17.1 Å². The Morgan fingerprint density at radius 3 is 2.58 bits per heavy atom. The van der Waals surface area contributed by atoms with Crippen LogP contribution in [0.2, 0.25) is 0 Å². The summed E-state index contributed by atoms with van der Waals surface area (Å²) in [5.74, 6) is -1.34. The number of amides is 1. The van der Waals surface area contributed by atoms with Crippen LogP contribution in [0.5, 0.6) is 5.75 Å². The first-order valence-electron chi connectivity index (χ1n) is 6.81. The summed E-state index contributed by atoms with van der Waals surface area (Å²) < 4.78 is 10.1. The maximum Gasteiger partial charge on any atom is 0.343 e. The maximum absolute atomic E-state index is 12.3. The number of aromatic nitrogens is 1. The number of nitrogens with zero attached hydrogens (tertiary/aromatic N) is 1. The number of carbonyl (C=O) groups excluding carboxylic acids is 1. The first-order valence-corrected chi connectivity index (χ1v) is 7.75. The minimum atomic E-state index is -1.23. The Morgan fingerprint density at radius 2 is 2.00 bits per heavy atom. The number of hydrogen-bond acceptors (Lipinski definition) is 6. The van der Waals surface area contributed by atoms with Crippen LogP contribution in [0.4, 0.5) is 5.88 Å². The van der Waals surface area contributed by atoms with Crippen LogP contribution in [0.1, 0.15) is 20.7 Å². The van der Waals surface area contributed by atoms with E-state index in [2.05, 4.69) is 10.5 Å². The number of carboxylic acids is 1. The van der Waals surface area contributed by atoms with Crippen molar-refractivity contribution in [3.05, 3.63) is 52.2 Å². The molecule has 0 radical (unpaired) electrons. The summed E-state index contributed by atoms with van der Waals surface area (Å²) >= 11 is 1.40. The molecule has 0 unspecified atom stereocenters. The summed E-state index contributed by atoms with van der Waals surface area (Å²) in [6.07, 6.45) is 0. The van der Waals surface area contributed by atoms with Crippen molar-refractivity contribution < 1.29 is 24.0 Å². The number of carbonyl (C=O) groups is 2. The van der Waals surface area contributed by atoms with Crippen LogP contribution in [0.15, 0.2) is 45.6 Å². The third-order valence-electron chi connectivity index (χ3n) is 3.28. The van der Waals surface area contributed by atoms with E-state index in [0.717, 1.165) is 0 Å². The summed E-state index contributed by atoms with van der Waals surface area (Å²) in [7, 11) is 1.52. The fourth-order valence-corrected chi connectivity index (χ4v) is 2.73. The van der Waals surface area contributed by atoms with Crippen LogP contribution in [0.3, 0.4) is 0 Å². The summed E-state index contributed by atoms with van der Waals surface area (Å²) in [6.45, 7) is 0. The Labute approximate surface area is 140 Å². The van der Waals surface area contributed by atoms with Crippen molar-refractivity contribution in [2.75, 3.05) is 12.4 Å². The molecule has 1 aromatic carbocycles. The van der Waals surface area contributed by atoms with E-state index < -0.39 is 11.9 Å². The van der Waals surface area contributed by atoms with Gasteiger partial charge in [0.1, 0.15) is 11.4 Å². The highest BCUT2D eigenvalue weighted by Crippen LogP contribution is 2.30. The number of ether oxygens (including phenoxy) is 1. The molecular weight excluding hydrogens is 332 g/mol. The van der Waals surface area contributed by atoms with Crippen molar-refractivity contribution in [2.45, 2.75) is 0 Å². The van der Waals surface area contributed by atoms with Gasteiger partial charge in [-0.05, 0) is 35.7 Å². The van der Waals surface area contributed by atoms with Crippen LogP contribution in [-0.2, 0) is 0 Å². The van der Waals surface area contributed by atoms with Crippen molar-refractivity contribution in [1.29, 1.82) is 0 Å². The van der Waals surface area contributed by atoms with Crippen LogP contribution in [-0.4, -0.2) is 29.2 Å². The average molecular weight is 344 g/mol. The lowest BCUT2D eigenvalue weighted by molar-refractivity contribution is 0.0698. The topological polar surface area (TPSA) is 102 Å². The summed E-state index contributed by atoms with van der Waals surface area (Å²) in [6, 6.07) is 8.11. The van der Waals surface area contributed by atoms with Gasteiger partial charge in [0.2, 0.25) is 5.88 Å². The number of aromatic carboxylic acids is 1. The second kappa shape index (κ2) is 6.55. The molecule has 8 heteroatoms. The number of nitrogens with one attached hydrogen (secondary N) is 1. The first-order chi connectivity index (χ1) is 11.6. The lowest BCUT2D eigenvalue weighted by Crippen LogP contribution is -2.13. The van der Waals surface area contributed by atoms with Gasteiger partial charge in [0.05, 0.1) is 7.11 Å². The Bertz CT molecular complexity index is 869. The molecule has 0 saturated heterocycles. The van der Waals surface area contributed by atoms with Gasteiger partial charge in [0, 0.05) is 16.5 Å². The van der Waals surface area contributed by atoms with E-state index in [1.807, 2.05) is 0 Å². The molecule has 0 atom stereocenters. The van der Waals surface area contributed by atoms with E-state index in [9.17, 15) is 14.7 Å². The minimum Gasteiger partial charge on any atom is -0.497 e. The molecule has 3 rings (SSSR count). The largest absolute Gasteiger partial charge is 0.497 e. The Morgan fingerprint density at radius 1 is 1.25 bits per heavy atom. The van der Waals surface area contributed by atoms with Crippen molar-refractivity contribution in [1.82, 2.24) is 5.16 Å². The number of benzene rings is 1. The Hall–Kier alpha value is -3.13. The van der Waals surface area contributed by atoms with E-state index in [0.29, 0.717) is 16.9 Å². The van der Waals surface area contributed by atoms with E-state index in [1.54, 1.807) is 41.1 Å². The van der Waals surface area contributed by atoms with Crippen LogP contribution in [0.25, 0.3) is 11.3 Å². The lowest BCUT2D eigenvalue weighted by Gasteiger charge is -2.04. The highest BCUT2D eigenvalue weighted by atomic mass is 32.1. The van der Waals surface area contributed by atoms with E-state index in [4.69, 9.17) is 9.26 Å². The Kier molecular flexibility index (Phi) is 4.30. The van der Waals surface area contributed by atoms with Crippen molar-refractivity contribution in [3.8, 4) is 17.0 Å². The molecule has 24 heavy (non-hydrogen) atoms. The summed E-state index contributed by atoms with van der Waals surface area (Å²) in [5.41, 5.74) is 0.941. The predicted octanol–water partition coefficient (Wildman–Crippen LogP) is 3.36. The standard InChI is InChI=1S/C16H12N2O5S/c1-22-11-4-2-9(3-5-11)14(19)17-15-12(16(20)21)13(18-23-15)10-6-7-24-8-10/h2-8H,1H3,(H,17,19)(H,20,21). The quantitative estimate of drug-likeness (QED) is 0.736. The fourth-order valence-electron chi connectivity index (χ4n) is 2.09. The van der Waals surface area contributed by atoms with Gasteiger partial charge in [0.25, 0.3) is 5.91 Å². The van der Waals surface area contributed by atoms with Gasteiger partial charge in [-0.2, -0.15) is 11.3 Å². The highest BCUT2D eigenvalue weighted by Gasteiger charge is 2.25. The maximum atomic E-state index is 12.3. The van der Waals surface area contributed by atoms with Crippen molar-refractivity contribution in [2.24, 2.45) is 0 Å². The molecule has 1 amide bonds. The normalized spacial score (nSPS) is 10.4. The van der Waals surface area contributed by atoms with Gasteiger partial charge in [-0.15, -0.1) is 0 Å². The third-order valence-corrected chi connectivity index (χ3v) is 3.96. The van der Waals surface area contributed by atoms with Crippen LogP contribution < -0.4 is 10.1 Å². The monoisotopic (exact) mass is 344 g/mol. The van der Waals surface area contributed by atoms with Gasteiger partial charge in [-0.1, -0.05) is 5.16 Å². The molecule has 7 nitrogen and oxygen atoms in total. The summed E-state index contributed by atoms with van der Waals surface area (Å²) in [4.78, 5) is 23.8. The zero-order chi connectivity index (χ0) is 17.1.